The van der Waals surface area contributed by atoms with Gasteiger partial charge in [-0.15, -0.1) is 0 Å². The van der Waals surface area contributed by atoms with Gasteiger partial charge in [0.15, 0.2) is 0 Å². The lowest BCUT2D eigenvalue weighted by Crippen LogP contribution is -2.22. The van der Waals surface area contributed by atoms with Crippen molar-refractivity contribution >= 4 is 17.8 Å². The number of aromatic hydroxyl groups is 1. The number of anilines is 1. The van der Waals surface area contributed by atoms with Crippen LogP contribution < -0.4 is 4.90 Å². The summed E-state index contributed by atoms with van der Waals surface area (Å²) < 4.78 is 0. The molecule has 0 saturated carbocycles. The highest BCUT2D eigenvalue weighted by molar-refractivity contribution is 5.95. The Hall–Kier alpha value is -2.82. The van der Waals surface area contributed by atoms with Crippen molar-refractivity contribution in [2.75, 3.05) is 25.0 Å². The second-order valence-corrected chi connectivity index (χ2v) is 5.35. The molecular formula is C19H23N3O2. The molecule has 1 amide bonds. The van der Waals surface area contributed by atoms with E-state index >= 15 is 0 Å². The molecule has 0 aliphatic heterocycles. The molecule has 1 N–H and O–H groups in total. The fraction of sp³-hybridized carbons (Fsp3) is 0.263. The van der Waals surface area contributed by atoms with Gasteiger partial charge in [0.2, 0.25) is 0 Å². The Labute approximate surface area is 142 Å². The summed E-state index contributed by atoms with van der Waals surface area (Å²) in [7, 11) is 1.59. The number of benzene rings is 2. The molecule has 0 unspecified atom stereocenters. The molecule has 0 aliphatic carbocycles. The van der Waals surface area contributed by atoms with E-state index in [1.165, 1.54) is 11.2 Å². The van der Waals surface area contributed by atoms with Crippen LogP contribution >= 0.6 is 0 Å². The molecule has 0 aromatic heterocycles. The summed E-state index contributed by atoms with van der Waals surface area (Å²) in [5.74, 6) is -0.0604. The summed E-state index contributed by atoms with van der Waals surface area (Å²) in [6.45, 7) is 5.88. The maximum absolute atomic E-state index is 12.2. The number of hydrazone groups is 1. The lowest BCUT2D eigenvalue weighted by molar-refractivity contribution is 0.0800. The third-order valence-corrected chi connectivity index (χ3v) is 3.83. The molecule has 0 aliphatic rings. The van der Waals surface area contributed by atoms with Gasteiger partial charge in [-0.1, -0.05) is 18.2 Å². The Kier molecular flexibility index (Phi) is 5.95. The summed E-state index contributed by atoms with van der Waals surface area (Å²) in [5, 5.41) is 15.6. The molecule has 2 aromatic rings. The Balaban J connectivity index is 2.12. The molecule has 0 radical (unpaired) electrons. The lowest BCUT2D eigenvalue weighted by Gasteiger charge is -2.21. The number of phenols is 1. The second-order valence-electron chi connectivity index (χ2n) is 5.35. The third kappa shape index (κ3) is 4.13. The van der Waals surface area contributed by atoms with Crippen LogP contribution in [0.2, 0.25) is 0 Å². The zero-order chi connectivity index (χ0) is 17.5. The molecule has 126 valence electrons. The average Bonchev–Trinajstić information content (AvgIpc) is 2.62. The van der Waals surface area contributed by atoms with Crippen molar-refractivity contribution in [2.24, 2.45) is 5.10 Å². The average molecular weight is 325 g/mol. The van der Waals surface area contributed by atoms with E-state index in [4.69, 9.17) is 0 Å². The van der Waals surface area contributed by atoms with Crippen LogP contribution in [-0.2, 0) is 0 Å². The third-order valence-electron chi connectivity index (χ3n) is 3.83. The van der Waals surface area contributed by atoms with Gasteiger partial charge < -0.3 is 10.0 Å². The Morgan fingerprint density at radius 2 is 1.79 bits per heavy atom. The highest BCUT2D eigenvalue weighted by Crippen LogP contribution is 2.23. The molecule has 0 bridgehead atoms. The van der Waals surface area contributed by atoms with Crippen molar-refractivity contribution in [3.05, 3.63) is 59.7 Å². The van der Waals surface area contributed by atoms with E-state index in [1.54, 1.807) is 31.3 Å². The SMILES string of the molecule is CCN(CC)c1ccc(/C=N/N(C)C(=O)c2ccccc2)c(O)c1. The molecule has 0 heterocycles. The van der Waals surface area contributed by atoms with Crippen LogP contribution in [0.1, 0.15) is 29.8 Å². The molecule has 5 heteroatoms. The van der Waals surface area contributed by atoms with E-state index in [9.17, 15) is 9.90 Å². The predicted octanol–water partition coefficient (Wildman–Crippen LogP) is 3.34. The van der Waals surface area contributed by atoms with E-state index < -0.39 is 0 Å². The zero-order valence-corrected chi connectivity index (χ0v) is 14.3. The van der Waals surface area contributed by atoms with Gasteiger partial charge in [-0.2, -0.15) is 5.10 Å². The van der Waals surface area contributed by atoms with Crippen LogP contribution in [0.25, 0.3) is 0 Å². The number of amides is 1. The first kappa shape index (κ1) is 17.5. The van der Waals surface area contributed by atoms with Crippen molar-refractivity contribution in [1.29, 1.82) is 0 Å². The van der Waals surface area contributed by atoms with Crippen LogP contribution in [0, 0.1) is 0 Å². The topological polar surface area (TPSA) is 56.1 Å². The molecular weight excluding hydrogens is 302 g/mol. The summed E-state index contributed by atoms with van der Waals surface area (Å²) in [6, 6.07) is 14.4. The Bertz CT molecular complexity index is 710. The molecule has 0 saturated heterocycles. The Morgan fingerprint density at radius 3 is 2.38 bits per heavy atom. The van der Waals surface area contributed by atoms with Gasteiger partial charge in [-0.25, -0.2) is 5.01 Å². The fourth-order valence-corrected chi connectivity index (χ4v) is 2.40. The van der Waals surface area contributed by atoms with Crippen LogP contribution in [0.4, 0.5) is 5.69 Å². The molecule has 0 atom stereocenters. The normalized spacial score (nSPS) is 10.8. The maximum Gasteiger partial charge on any atom is 0.273 e. The number of rotatable bonds is 6. The van der Waals surface area contributed by atoms with Gasteiger partial charge >= 0.3 is 0 Å². The number of carbonyl (C=O) groups is 1. The van der Waals surface area contributed by atoms with Gasteiger partial charge in [0, 0.05) is 43.0 Å². The van der Waals surface area contributed by atoms with Crippen LogP contribution in [0.5, 0.6) is 5.75 Å². The van der Waals surface area contributed by atoms with Crippen LogP contribution in [0.15, 0.2) is 53.6 Å². The Morgan fingerprint density at radius 1 is 1.12 bits per heavy atom. The number of hydrogen-bond acceptors (Lipinski definition) is 4. The summed E-state index contributed by atoms with van der Waals surface area (Å²) in [5.41, 5.74) is 2.10. The van der Waals surface area contributed by atoms with Crippen LogP contribution in [0.3, 0.4) is 0 Å². The van der Waals surface area contributed by atoms with E-state index in [2.05, 4.69) is 23.8 Å². The van der Waals surface area contributed by atoms with Gasteiger partial charge in [0.05, 0.1) is 6.21 Å². The van der Waals surface area contributed by atoms with E-state index in [-0.39, 0.29) is 11.7 Å². The number of phenolic OH excluding ortho intramolecular Hbond substituents is 1. The first-order valence-corrected chi connectivity index (χ1v) is 8.01. The molecule has 0 spiro atoms. The molecule has 24 heavy (non-hydrogen) atoms. The van der Waals surface area contributed by atoms with Crippen molar-refractivity contribution < 1.29 is 9.90 Å². The number of carbonyl (C=O) groups excluding carboxylic acids is 1. The van der Waals surface area contributed by atoms with E-state index in [1.807, 2.05) is 24.3 Å². The van der Waals surface area contributed by atoms with Crippen LogP contribution in [-0.4, -0.2) is 42.4 Å². The predicted molar refractivity (Wildman–Crippen MR) is 97.8 cm³/mol. The molecule has 2 rings (SSSR count). The zero-order valence-electron chi connectivity index (χ0n) is 14.3. The van der Waals surface area contributed by atoms with Gasteiger partial charge in [0.25, 0.3) is 5.91 Å². The van der Waals surface area contributed by atoms with Gasteiger partial charge in [-0.3, -0.25) is 4.79 Å². The second kappa shape index (κ2) is 8.15. The van der Waals surface area contributed by atoms with Crippen molar-refractivity contribution in [2.45, 2.75) is 13.8 Å². The highest BCUT2D eigenvalue weighted by Gasteiger charge is 2.10. The monoisotopic (exact) mass is 325 g/mol. The smallest absolute Gasteiger partial charge is 0.273 e. The maximum atomic E-state index is 12.2. The molecule has 2 aromatic carbocycles. The molecule has 5 nitrogen and oxygen atoms in total. The largest absolute Gasteiger partial charge is 0.507 e. The van der Waals surface area contributed by atoms with Crippen molar-refractivity contribution in [1.82, 2.24) is 5.01 Å². The fourth-order valence-electron chi connectivity index (χ4n) is 2.40. The quantitative estimate of drug-likeness (QED) is 0.654. The van der Waals surface area contributed by atoms with Crippen molar-refractivity contribution in [3.8, 4) is 5.75 Å². The van der Waals surface area contributed by atoms with Gasteiger partial charge in [0.1, 0.15) is 5.75 Å². The van der Waals surface area contributed by atoms with Crippen molar-refractivity contribution in [3.63, 3.8) is 0 Å². The summed E-state index contributed by atoms with van der Waals surface area (Å²) in [4.78, 5) is 14.4. The minimum absolute atomic E-state index is 0.142. The standard InChI is InChI=1S/C19H23N3O2/c1-4-22(5-2)17-12-11-16(18(23)13-17)14-20-21(3)19(24)15-9-7-6-8-10-15/h6-14,23H,4-5H2,1-3H3/b20-14+. The lowest BCUT2D eigenvalue weighted by atomic mass is 10.2. The summed E-state index contributed by atoms with van der Waals surface area (Å²) in [6.07, 6.45) is 1.49. The summed E-state index contributed by atoms with van der Waals surface area (Å²) >= 11 is 0. The first-order chi connectivity index (χ1) is 11.6. The minimum atomic E-state index is -0.203. The van der Waals surface area contributed by atoms with Gasteiger partial charge in [-0.05, 0) is 38.1 Å². The van der Waals surface area contributed by atoms with E-state index in [0.29, 0.717) is 11.1 Å². The first-order valence-electron chi connectivity index (χ1n) is 8.01. The minimum Gasteiger partial charge on any atom is -0.507 e. The molecule has 0 fully saturated rings. The number of hydrogen-bond donors (Lipinski definition) is 1. The highest BCUT2D eigenvalue weighted by atomic mass is 16.3. The van der Waals surface area contributed by atoms with E-state index in [0.717, 1.165) is 18.8 Å². The number of nitrogens with zero attached hydrogens (tertiary/aromatic N) is 3.